The van der Waals surface area contributed by atoms with E-state index in [1.165, 1.54) is 13.3 Å². The number of carbonyl (C=O) groups is 2. The Labute approximate surface area is 119 Å². The molecule has 1 heterocycles. The molecule has 1 aromatic rings. The van der Waals surface area contributed by atoms with Crippen molar-refractivity contribution < 1.29 is 19.1 Å². The number of ether oxygens (including phenoxy) is 2. The highest BCUT2D eigenvalue weighted by atomic mass is 79.9. The van der Waals surface area contributed by atoms with E-state index in [1.807, 2.05) is 0 Å². The first kappa shape index (κ1) is 15.4. The van der Waals surface area contributed by atoms with Gasteiger partial charge in [0.1, 0.15) is 5.60 Å². The quantitative estimate of drug-likeness (QED) is 0.843. The minimum absolute atomic E-state index is 0.0107. The Balaban J connectivity index is 2.96. The molecule has 104 valence electrons. The lowest BCUT2D eigenvalue weighted by atomic mass is 10.2. The predicted molar refractivity (Wildman–Crippen MR) is 73.1 cm³/mol. The second-order valence-corrected chi connectivity index (χ2v) is 5.58. The van der Waals surface area contributed by atoms with Crippen LogP contribution in [0.2, 0.25) is 0 Å². The average Bonchev–Trinajstić information content (AvgIpc) is 2.25. The van der Waals surface area contributed by atoms with Gasteiger partial charge < -0.3 is 9.47 Å². The summed E-state index contributed by atoms with van der Waals surface area (Å²) in [6.45, 7) is 5.23. The number of hydrogen-bond donors (Lipinski definition) is 1. The molecule has 0 saturated heterocycles. The first-order chi connectivity index (χ1) is 8.73. The van der Waals surface area contributed by atoms with Crippen LogP contribution in [0.1, 0.15) is 31.3 Å². The van der Waals surface area contributed by atoms with Crippen LogP contribution >= 0.6 is 15.9 Å². The molecule has 0 aliphatic carbocycles. The number of esters is 1. The summed E-state index contributed by atoms with van der Waals surface area (Å²) in [5.41, 5.74) is -0.401. The zero-order chi connectivity index (χ0) is 14.6. The van der Waals surface area contributed by atoms with Crippen molar-refractivity contribution >= 4 is 33.7 Å². The van der Waals surface area contributed by atoms with Gasteiger partial charge in [-0.1, -0.05) is 0 Å². The van der Waals surface area contributed by atoms with E-state index in [1.54, 1.807) is 26.8 Å². The van der Waals surface area contributed by atoms with Gasteiger partial charge in [0.25, 0.3) is 0 Å². The number of nitrogens with one attached hydrogen (secondary N) is 1. The van der Waals surface area contributed by atoms with Gasteiger partial charge in [-0.2, -0.15) is 0 Å². The van der Waals surface area contributed by atoms with E-state index in [-0.39, 0.29) is 11.4 Å². The number of pyridine rings is 1. The molecule has 0 unspecified atom stereocenters. The van der Waals surface area contributed by atoms with Crippen LogP contribution < -0.4 is 5.32 Å². The molecule has 1 N–H and O–H groups in total. The number of halogens is 1. The van der Waals surface area contributed by atoms with Crippen LogP contribution in [0.4, 0.5) is 10.5 Å². The number of aromatic nitrogens is 1. The van der Waals surface area contributed by atoms with Crippen LogP contribution in [-0.4, -0.2) is 29.8 Å². The summed E-state index contributed by atoms with van der Waals surface area (Å²) in [4.78, 5) is 27.1. The number of amides is 1. The number of rotatable bonds is 2. The third-order valence-corrected chi connectivity index (χ3v) is 2.30. The molecule has 0 aliphatic rings. The molecule has 0 aliphatic heterocycles. The summed E-state index contributed by atoms with van der Waals surface area (Å²) >= 11 is 3.21. The van der Waals surface area contributed by atoms with Gasteiger partial charge >= 0.3 is 12.1 Å². The summed E-state index contributed by atoms with van der Waals surface area (Å²) in [6, 6.07) is 1.54. The van der Waals surface area contributed by atoms with Crippen LogP contribution in [0.15, 0.2) is 16.7 Å². The number of carbonyl (C=O) groups excluding carboxylic acids is 2. The average molecular weight is 331 g/mol. The number of nitrogens with zero attached hydrogens (tertiary/aromatic N) is 1. The van der Waals surface area contributed by atoms with Gasteiger partial charge in [-0.3, -0.25) is 5.32 Å². The molecule has 1 aromatic heterocycles. The first-order valence-corrected chi connectivity index (χ1v) is 6.26. The van der Waals surface area contributed by atoms with Crippen molar-refractivity contribution in [3.8, 4) is 0 Å². The van der Waals surface area contributed by atoms with E-state index in [0.29, 0.717) is 4.47 Å². The lowest BCUT2D eigenvalue weighted by Crippen LogP contribution is -2.28. The van der Waals surface area contributed by atoms with Crippen molar-refractivity contribution in [2.24, 2.45) is 0 Å². The zero-order valence-electron chi connectivity index (χ0n) is 11.1. The van der Waals surface area contributed by atoms with Gasteiger partial charge in [0, 0.05) is 10.7 Å². The summed E-state index contributed by atoms with van der Waals surface area (Å²) in [6.07, 6.45) is 0.768. The third-order valence-electron chi connectivity index (χ3n) is 1.87. The highest BCUT2D eigenvalue weighted by molar-refractivity contribution is 9.10. The van der Waals surface area contributed by atoms with Crippen molar-refractivity contribution in [2.75, 3.05) is 12.4 Å². The summed E-state index contributed by atoms with van der Waals surface area (Å²) in [7, 11) is 1.24. The second kappa shape index (κ2) is 6.01. The molecule has 1 amide bonds. The molecule has 7 heteroatoms. The molecule has 1 rings (SSSR count). The number of hydrogen-bond acceptors (Lipinski definition) is 5. The summed E-state index contributed by atoms with van der Waals surface area (Å²) < 4.78 is 10.3. The maximum Gasteiger partial charge on any atom is 0.412 e. The van der Waals surface area contributed by atoms with E-state index < -0.39 is 17.7 Å². The van der Waals surface area contributed by atoms with Crippen LogP contribution in [0.3, 0.4) is 0 Å². The second-order valence-electron chi connectivity index (χ2n) is 4.67. The molecule has 0 bridgehead atoms. The lowest BCUT2D eigenvalue weighted by molar-refractivity contribution is 0.0595. The molecule has 0 atom stereocenters. The van der Waals surface area contributed by atoms with Crippen molar-refractivity contribution in [1.82, 2.24) is 4.98 Å². The van der Waals surface area contributed by atoms with Gasteiger partial charge in [-0.25, -0.2) is 14.6 Å². The normalized spacial score (nSPS) is 10.8. The van der Waals surface area contributed by atoms with Crippen LogP contribution in [0.25, 0.3) is 0 Å². The zero-order valence-corrected chi connectivity index (χ0v) is 12.7. The van der Waals surface area contributed by atoms with Gasteiger partial charge in [0.2, 0.25) is 0 Å². The van der Waals surface area contributed by atoms with Crippen LogP contribution in [0, 0.1) is 0 Å². The highest BCUT2D eigenvalue weighted by Gasteiger charge is 2.20. The van der Waals surface area contributed by atoms with E-state index >= 15 is 0 Å². The fourth-order valence-corrected chi connectivity index (χ4v) is 1.54. The minimum atomic E-state index is -0.669. The maximum atomic E-state index is 11.7. The monoisotopic (exact) mass is 330 g/mol. The van der Waals surface area contributed by atoms with E-state index in [0.717, 1.165) is 0 Å². The number of anilines is 1. The van der Waals surface area contributed by atoms with Gasteiger partial charge in [0.15, 0.2) is 5.69 Å². The molecule has 0 aromatic carbocycles. The molecule has 0 saturated carbocycles. The van der Waals surface area contributed by atoms with Crippen LogP contribution in [0.5, 0.6) is 0 Å². The standard InChI is InChI=1S/C12H15BrN2O4/c1-12(2,3)19-11(17)15-8-5-7(13)6-14-9(8)10(16)18-4/h5-6H,1-4H3,(H,15,17). The molecule has 0 spiro atoms. The first-order valence-electron chi connectivity index (χ1n) is 5.47. The van der Waals surface area contributed by atoms with E-state index in [9.17, 15) is 9.59 Å². The van der Waals surface area contributed by atoms with E-state index in [2.05, 4.69) is 31.0 Å². The smallest absolute Gasteiger partial charge is 0.412 e. The summed E-state index contributed by atoms with van der Waals surface area (Å²) in [5.74, 6) is -0.640. The Bertz CT molecular complexity index is 497. The molecule has 6 nitrogen and oxygen atoms in total. The lowest BCUT2D eigenvalue weighted by Gasteiger charge is -2.20. The van der Waals surface area contributed by atoms with Crippen molar-refractivity contribution in [3.63, 3.8) is 0 Å². The minimum Gasteiger partial charge on any atom is -0.464 e. The van der Waals surface area contributed by atoms with Crippen molar-refractivity contribution in [3.05, 3.63) is 22.4 Å². The largest absolute Gasteiger partial charge is 0.464 e. The predicted octanol–water partition coefficient (Wildman–Crippen LogP) is 2.98. The van der Waals surface area contributed by atoms with Gasteiger partial charge in [-0.05, 0) is 42.8 Å². The fraction of sp³-hybridized carbons (Fsp3) is 0.417. The third kappa shape index (κ3) is 4.86. The molecule has 19 heavy (non-hydrogen) atoms. The fourth-order valence-electron chi connectivity index (χ4n) is 1.21. The molecular formula is C12H15BrN2O4. The SMILES string of the molecule is COC(=O)c1ncc(Br)cc1NC(=O)OC(C)(C)C. The topological polar surface area (TPSA) is 77.5 Å². The summed E-state index contributed by atoms with van der Waals surface area (Å²) in [5, 5.41) is 2.47. The Morgan fingerprint density at radius 3 is 2.53 bits per heavy atom. The number of methoxy groups -OCH3 is 1. The highest BCUT2D eigenvalue weighted by Crippen LogP contribution is 2.20. The Morgan fingerprint density at radius 2 is 2.00 bits per heavy atom. The van der Waals surface area contributed by atoms with Crippen molar-refractivity contribution in [2.45, 2.75) is 26.4 Å². The van der Waals surface area contributed by atoms with E-state index in [4.69, 9.17) is 4.74 Å². The van der Waals surface area contributed by atoms with Crippen molar-refractivity contribution in [1.29, 1.82) is 0 Å². The van der Waals surface area contributed by atoms with Crippen LogP contribution in [-0.2, 0) is 9.47 Å². The molecular weight excluding hydrogens is 316 g/mol. The maximum absolute atomic E-state index is 11.7. The molecule has 0 radical (unpaired) electrons. The molecule has 0 fully saturated rings. The van der Waals surface area contributed by atoms with Gasteiger partial charge in [-0.15, -0.1) is 0 Å². The Hall–Kier alpha value is -1.63. The Morgan fingerprint density at radius 1 is 1.37 bits per heavy atom. The van der Waals surface area contributed by atoms with Gasteiger partial charge in [0.05, 0.1) is 12.8 Å². The Kier molecular flexibility index (Phi) is 4.88.